The molecule has 1 aromatic heterocycles. The Balaban J connectivity index is 2.04. The summed E-state index contributed by atoms with van der Waals surface area (Å²) in [7, 11) is 0. The monoisotopic (exact) mass is 374 g/mol. The van der Waals surface area contributed by atoms with Crippen LogP contribution in [0.25, 0.3) is 5.57 Å². The van der Waals surface area contributed by atoms with Gasteiger partial charge in [0.25, 0.3) is 5.91 Å². The molecule has 27 heavy (non-hydrogen) atoms. The lowest BCUT2D eigenvalue weighted by atomic mass is 9.91. The molecule has 2 heterocycles. The second kappa shape index (κ2) is 8.04. The fraction of sp³-hybridized carbons (Fsp3) is 0.526. The standard InChI is InChI=1S/C19H27FN6O/c1-10(2)23-8-11(7-21)17-15-12(9-24-19(15)27)16(20)18(26-17)25-14-6-4-3-5-13(14)22/h7-8,10,13-14,21,23H,3-6,9,22H2,1-2H3,(H,24,27)(H,25,26)/b11-8+,21-7?/t13-,14+/m0/s1. The number of rotatable bonds is 6. The lowest BCUT2D eigenvalue weighted by molar-refractivity contribution is 0.0965. The molecule has 2 atom stereocenters. The van der Waals surface area contributed by atoms with Gasteiger partial charge in [-0.05, 0) is 26.7 Å². The Morgan fingerprint density at radius 1 is 1.41 bits per heavy atom. The zero-order valence-corrected chi connectivity index (χ0v) is 15.7. The third-order valence-electron chi connectivity index (χ3n) is 5.03. The number of carbonyl (C=O) groups is 1. The Labute approximate surface area is 158 Å². The van der Waals surface area contributed by atoms with Gasteiger partial charge in [0.1, 0.15) is 0 Å². The van der Waals surface area contributed by atoms with Gasteiger partial charge in [-0.15, -0.1) is 0 Å². The third kappa shape index (κ3) is 3.95. The number of allylic oxidation sites excluding steroid dienone is 1. The van der Waals surface area contributed by atoms with Gasteiger partial charge in [-0.2, -0.15) is 0 Å². The van der Waals surface area contributed by atoms with Crippen LogP contribution in [0.2, 0.25) is 0 Å². The Kier molecular flexibility index (Phi) is 5.74. The van der Waals surface area contributed by atoms with Gasteiger partial charge >= 0.3 is 0 Å². The molecule has 6 N–H and O–H groups in total. The Hall–Kier alpha value is -2.48. The lowest BCUT2D eigenvalue weighted by Crippen LogP contribution is -2.43. The summed E-state index contributed by atoms with van der Waals surface area (Å²) in [6.07, 6.45) is 6.62. The molecule has 1 amide bonds. The zero-order valence-electron chi connectivity index (χ0n) is 15.7. The molecule has 7 nitrogen and oxygen atoms in total. The van der Waals surface area contributed by atoms with E-state index < -0.39 is 5.82 Å². The SMILES string of the molecule is CC(C)N/C=C(\C=N)c1nc(N[C@@H]2CCCC[C@@H]2N)c(F)c2c1C(=O)NC2. The van der Waals surface area contributed by atoms with Crippen molar-refractivity contribution in [1.82, 2.24) is 15.6 Å². The first kappa shape index (κ1) is 19.3. The van der Waals surface area contributed by atoms with Crippen molar-refractivity contribution in [3.05, 3.63) is 28.8 Å². The molecule has 1 saturated carbocycles. The van der Waals surface area contributed by atoms with E-state index in [1.54, 1.807) is 6.20 Å². The Morgan fingerprint density at radius 2 is 2.15 bits per heavy atom. The molecule has 0 saturated heterocycles. The first-order chi connectivity index (χ1) is 12.9. The molecule has 0 unspecified atom stereocenters. The molecule has 3 rings (SSSR count). The van der Waals surface area contributed by atoms with Crippen molar-refractivity contribution >= 4 is 23.5 Å². The number of anilines is 1. The van der Waals surface area contributed by atoms with Crippen molar-refractivity contribution < 1.29 is 9.18 Å². The average molecular weight is 374 g/mol. The first-order valence-corrected chi connectivity index (χ1v) is 9.42. The van der Waals surface area contributed by atoms with Crippen LogP contribution in [0.4, 0.5) is 10.2 Å². The van der Waals surface area contributed by atoms with Gasteiger partial charge in [0.15, 0.2) is 11.6 Å². The first-order valence-electron chi connectivity index (χ1n) is 9.42. The van der Waals surface area contributed by atoms with Gasteiger partial charge in [-0.25, -0.2) is 9.37 Å². The summed E-state index contributed by atoms with van der Waals surface area (Å²) < 4.78 is 15.0. The van der Waals surface area contributed by atoms with Gasteiger partial charge < -0.3 is 27.1 Å². The van der Waals surface area contributed by atoms with Gasteiger partial charge in [0.05, 0.1) is 11.3 Å². The van der Waals surface area contributed by atoms with Crippen LogP contribution in [0.1, 0.15) is 61.1 Å². The van der Waals surface area contributed by atoms with E-state index in [4.69, 9.17) is 11.1 Å². The van der Waals surface area contributed by atoms with E-state index in [0.29, 0.717) is 11.3 Å². The van der Waals surface area contributed by atoms with Gasteiger partial charge in [0, 0.05) is 48.2 Å². The summed E-state index contributed by atoms with van der Waals surface area (Å²) in [5.41, 5.74) is 7.39. The molecule has 146 valence electrons. The molecule has 1 aliphatic heterocycles. The van der Waals surface area contributed by atoms with Crippen molar-refractivity contribution in [2.45, 2.75) is 64.2 Å². The van der Waals surface area contributed by atoms with Crippen LogP contribution < -0.4 is 21.7 Å². The molecule has 1 aromatic rings. The van der Waals surface area contributed by atoms with Crippen LogP contribution in [0, 0.1) is 11.2 Å². The third-order valence-corrected chi connectivity index (χ3v) is 5.03. The summed E-state index contributed by atoms with van der Waals surface area (Å²) in [5.74, 6) is -0.796. The number of amides is 1. The molecule has 0 bridgehead atoms. The van der Waals surface area contributed by atoms with Crippen LogP contribution in [-0.2, 0) is 6.54 Å². The highest BCUT2D eigenvalue weighted by Crippen LogP contribution is 2.31. The number of nitrogens with zero attached hydrogens (tertiary/aromatic N) is 1. The minimum Gasteiger partial charge on any atom is -0.388 e. The van der Waals surface area contributed by atoms with E-state index in [0.717, 1.165) is 31.9 Å². The maximum absolute atomic E-state index is 15.0. The summed E-state index contributed by atoms with van der Waals surface area (Å²) in [4.78, 5) is 16.7. The van der Waals surface area contributed by atoms with Crippen LogP contribution >= 0.6 is 0 Å². The number of nitrogens with two attached hydrogens (primary N) is 1. The molecule has 1 fully saturated rings. The van der Waals surface area contributed by atoms with Crippen LogP contribution in [-0.4, -0.2) is 35.2 Å². The van der Waals surface area contributed by atoms with E-state index in [1.807, 2.05) is 13.8 Å². The minimum absolute atomic E-state index is 0.0575. The summed E-state index contributed by atoms with van der Waals surface area (Å²) in [6, 6.07) is 0.0368. The summed E-state index contributed by atoms with van der Waals surface area (Å²) in [6.45, 7) is 4.04. The van der Waals surface area contributed by atoms with E-state index in [2.05, 4.69) is 20.9 Å². The van der Waals surface area contributed by atoms with Gasteiger partial charge in [-0.1, -0.05) is 12.8 Å². The number of carbonyl (C=O) groups excluding carboxylic acids is 1. The Morgan fingerprint density at radius 3 is 2.81 bits per heavy atom. The van der Waals surface area contributed by atoms with E-state index in [-0.39, 0.29) is 47.5 Å². The Bertz CT molecular complexity index is 776. The second-order valence-corrected chi connectivity index (χ2v) is 7.42. The fourth-order valence-electron chi connectivity index (χ4n) is 3.53. The number of hydrogen-bond donors (Lipinski definition) is 5. The van der Waals surface area contributed by atoms with E-state index in [1.165, 1.54) is 0 Å². The number of nitrogens with one attached hydrogen (secondary N) is 4. The van der Waals surface area contributed by atoms with Crippen molar-refractivity contribution in [2.24, 2.45) is 5.73 Å². The predicted octanol–water partition coefficient (Wildman–Crippen LogP) is 2.13. The molecule has 0 aromatic carbocycles. The zero-order chi connectivity index (χ0) is 19.6. The minimum atomic E-state index is -0.522. The van der Waals surface area contributed by atoms with Crippen LogP contribution in [0.5, 0.6) is 0 Å². The lowest BCUT2D eigenvalue weighted by Gasteiger charge is -2.30. The largest absolute Gasteiger partial charge is 0.388 e. The smallest absolute Gasteiger partial charge is 0.254 e. The molecular weight excluding hydrogens is 347 g/mol. The summed E-state index contributed by atoms with van der Waals surface area (Å²) >= 11 is 0. The topological polar surface area (TPSA) is 116 Å². The predicted molar refractivity (Wildman–Crippen MR) is 104 cm³/mol. The highest BCUT2D eigenvalue weighted by atomic mass is 19.1. The number of hydrogen-bond acceptors (Lipinski definition) is 6. The van der Waals surface area contributed by atoms with Crippen molar-refractivity contribution in [1.29, 1.82) is 5.41 Å². The molecular formula is C19H27FN6O. The maximum Gasteiger partial charge on any atom is 0.254 e. The number of pyridine rings is 1. The van der Waals surface area contributed by atoms with Gasteiger partial charge in [-0.3, -0.25) is 4.79 Å². The fourth-order valence-corrected chi connectivity index (χ4v) is 3.53. The van der Waals surface area contributed by atoms with Crippen LogP contribution in [0.3, 0.4) is 0 Å². The van der Waals surface area contributed by atoms with E-state index in [9.17, 15) is 4.79 Å². The quantitative estimate of drug-likeness (QED) is 0.489. The number of fused-ring (bicyclic) bond motifs is 1. The van der Waals surface area contributed by atoms with Crippen molar-refractivity contribution in [3.63, 3.8) is 0 Å². The van der Waals surface area contributed by atoms with Crippen molar-refractivity contribution in [3.8, 4) is 0 Å². The molecule has 8 heteroatoms. The molecule has 0 radical (unpaired) electrons. The number of aromatic nitrogens is 1. The normalized spacial score (nSPS) is 22.4. The molecule has 1 aliphatic carbocycles. The second-order valence-electron chi connectivity index (χ2n) is 7.42. The van der Waals surface area contributed by atoms with E-state index >= 15 is 4.39 Å². The van der Waals surface area contributed by atoms with Crippen LogP contribution in [0.15, 0.2) is 6.20 Å². The highest BCUT2D eigenvalue weighted by molar-refractivity contribution is 6.13. The van der Waals surface area contributed by atoms with Gasteiger partial charge in [0.2, 0.25) is 0 Å². The molecule has 0 spiro atoms. The average Bonchev–Trinajstić information content (AvgIpc) is 3.02. The molecule has 2 aliphatic rings. The number of halogens is 1. The maximum atomic E-state index is 15.0. The van der Waals surface area contributed by atoms with Crippen molar-refractivity contribution in [2.75, 3.05) is 5.32 Å². The highest BCUT2D eigenvalue weighted by Gasteiger charge is 2.32. The summed E-state index contributed by atoms with van der Waals surface area (Å²) in [5, 5.41) is 16.7.